The summed E-state index contributed by atoms with van der Waals surface area (Å²) >= 11 is 11.9. The first-order chi connectivity index (χ1) is 12.3. The average molecular weight is 396 g/mol. The number of aryl methyl sites for hydroxylation is 3. The summed E-state index contributed by atoms with van der Waals surface area (Å²) < 4.78 is 10.4. The number of halogens is 2. The number of amides is 1. The van der Waals surface area contributed by atoms with Gasteiger partial charge in [0.2, 0.25) is 0 Å². The Bertz CT molecular complexity index is 813. The lowest BCUT2D eigenvalue weighted by Gasteiger charge is -2.13. The predicted octanol–water partition coefficient (Wildman–Crippen LogP) is 4.48. The number of esters is 1. The van der Waals surface area contributed by atoms with Crippen LogP contribution in [0.1, 0.15) is 16.7 Å². The van der Waals surface area contributed by atoms with E-state index in [-0.39, 0.29) is 11.6 Å². The van der Waals surface area contributed by atoms with E-state index < -0.39 is 18.5 Å². The largest absolute Gasteiger partial charge is 0.481 e. The number of carbonyl (C=O) groups excluding carboxylic acids is 2. The summed E-state index contributed by atoms with van der Waals surface area (Å²) in [5.74, 6) is -0.523. The molecule has 0 heterocycles. The van der Waals surface area contributed by atoms with Crippen LogP contribution in [0.25, 0.3) is 0 Å². The Kier molecular flexibility index (Phi) is 6.89. The van der Waals surface area contributed by atoms with Crippen LogP contribution in [-0.4, -0.2) is 25.1 Å². The number of benzene rings is 2. The molecule has 0 bridgehead atoms. The lowest BCUT2D eigenvalue weighted by atomic mass is 10.1. The molecule has 7 heteroatoms. The van der Waals surface area contributed by atoms with Crippen LogP contribution >= 0.6 is 23.2 Å². The Morgan fingerprint density at radius 1 is 1.04 bits per heavy atom. The molecule has 2 rings (SSSR count). The molecule has 0 spiro atoms. The molecule has 5 nitrogen and oxygen atoms in total. The minimum absolute atomic E-state index is 0.225. The number of anilines is 1. The standard InChI is InChI=1S/C19H19Cl2NO4/c1-11-7-12(2)19(13(3)8-11)26-10-17(24)25-9-16(23)22-15-6-4-5-14(20)18(15)21/h4-8H,9-10H2,1-3H3,(H,22,23). The Labute approximate surface area is 162 Å². The number of ether oxygens (including phenoxy) is 2. The topological polar surface area (TPSA) is 64.6 Å². The molecule has 0 aliphatic rings. The monoisotopic (exact) mass is 395 g/mol. The van der Waals surface area contributed by atoms with E-state index in [4.69, 9.17) is 32.7 Å². The fraction of sp³-hybridized carbons (Fsp3) is 0.263. The molecule has 0 aliphatic heterocycles. The number of carbonyl (C=O) groups is 2. The Morgan fingerprint density at radius 3 is 2.35 bits per heavy atom. The molecule has 1 N–H and O–H groups in total. The van der Waals surface area contributed by atoms with E-state index >= 15 is 0 Å². The van der Waals surface area contributed by atoms with Gasteiger partial charge in [-0.1, -0.05) is 47.0 Å². The molecule has 0 aromatic heterocycles. The summed E-state index contributed by atoms with van der Waals surface area (Å²) in [6.45, 7) is 5.07. The third-order valence-corrected chi connectivity index (χ3v) is 4.35. The summed E-state index contributed by atoms with van der Waals surface area (Å²) in [6, 6.07) is 8.79. The molecule has 0 unspecified atom stereocenters. The second-order valence-corrected chi connectivity index (χ2v) is 6.61. The van der Waals surface area contributed by atoms with Gasteiger partial charge in [0.15, 0.2) is 13.2 Å². The molecule has 0 saturated carbocycles. The molecule has 0 atom stereocenters. The number of hydrogen-bond acceptors (Lipinski definition) is 4. The summed E-state index contributed by atoms with van der Waals surface area (Å²) in [6.07, 6.45) is 0. The minimum Gasteiger partial charge on any atom is -0.481 e. The van der Waals surface area contributed by atoms with E-state index in [1.165, 1.54) is 0 Å². The smallest absolute Gasteiger partial charge is 0.344 e. The molecule has 2 aromatic rings. The Morgan fingerprint density at radius 2 is 1.69 bits per heavy atom. The van der Waals surface area contributed by atoms with Crippen molar-refractivity contribution in [3.63, 3.8) is 0 Å². The van der Waals surface area contributed by atoms with Gasteiger partial charge < -0.3 is 14.8 Å². The summed E-state index contributed by atoms with van der Waals surface area (Å²) in [7, 11) is 0. The van der Waals surface area contributed by atoms with Crippen LogP contribution in [0.2, 0.25) is 10.0 Å². The maximum atomic E-state index is 11.9. The molecule has 0 fully saturated rings. The van der Waals surface area contributed by atoms with Crippen LogP contribution in [0.5, 0.6) is 5.75 Å². The SMILES string of the molecule is Cc1cc(C)c(OCC(=O)OCC(=O)Nc2cccc(Cl)c2Cl)c(C)c1. The van der Waals surface area contributed by atoms with E-state index in [1.807, 2.05) is 32.9 Å². The van der Waals surface area contributed by atoms with E-state index in [9.17, 15) is 9.59 Å². The van der Waals surface area contributed by atoms with E-state index in [0.29, 0.717) is 16.5 Å². The van der Waals surface area contributed by atoms with Gasteiger partial charge in [0.05, 0.1) is 15.7 Å². The fourth-order valence-electron chi connectivity index (χ4n) is 2.50. The maximum Gasteiger partial charge on any atom is 0.344 e. The van der Waals surface area contributed by atoms with Crippen LogP contribution in [-0.2, 0) is 14.3 Å². The quantitative estimate of drug-likeness (QED) is 0.732. The zero-order valence-electron chi connectivity index (χ0n) is 14.7. The van der Waals surface area contributed by atoms with Gasteiger partial charge in [0.25, 0.3) is 5.91 Å². The molecule has 2 aromatic carbocycles. The maximum absolute atomic E-state index is 11.9. The average Bonchev–Trinajstić information content (AvgIpc) is 2.56. The highest BCUT2D eigenvalue weighted by atomic mass is 35.5. The van der Waals surface area contributed by atoms with Crippen LogP contribution < -0.4 is 10.1 Å². The highest BCUT2D eigenvalue weighted by Gasteiger charge is 2.13. The highest BCUT2D eigenvalue weighted by Crippen LogP contribution is 2.29. The normalized spacial score (nSPS) is 10.3. The molecule has 26 heavy (non-hydrogen) atoms. The van der Waals surface area contributed by atoms with Crippen molar-refractivity contribution in [1.29, 1.82) is 0 Å². The second-order valence-electron chi connectivity index (χ2n) is 5.83. The van der Waals surface area contributed by atoms with Crippen LogP contribution in [0.15, 0.2) is 30.3 Å². The van der Waals surface area contributed by atoms with Crippen LogP contribution in [0.3, 0.4) is 0 Å². The van der Waals surface area contributed by atoms with Crippen molar-refractivity contribution in [3.8, 4) is 5.75 Å². The first-order valence-electron chi connectivity index (χ1n) is 7.88. The predicted molar refractivity (Wildman–Crippen MR) is 102 cm³/mol. The molecule has 0 aliphatic carbocycles. The van der Waals surface area contributed by atoms with Crippen molar-refractivity contribution in [2.45, 2.75) is 20.8 Å². The van der Waals surface area contributed by atoms with Gasteiger partial charge in [0.1, 0.15) is 5.75 Å². The second kappa shape index (κ2) is 8.92. The number of hydrogen-bond donors (Lipinski definition) is 1. The molecule has 1 amide bonds. The van der Waals surface area contributed by atoms with Gasteiger partial charge in [-0.25, -0.2) is 4.79 Å². The van der Waals surface area contributed by atoms with Gasteiger partial charge >= 0.3 is 5.97 Å². The molecular weight excluding hydrogens is 377 g/mol. The van der Waals surface area contributed by atoms with Gasteiger partial charge in [-0.2, -0.15) is 0 Å². The van der Waals surface area contributed by atoms with Crippen molar-refractivity contribution in [3.05, 3.63) is 57.1 Å². The van der Waals surface area contributed by atoms with Gasteiger partial charge in [-0.05, 0) is 44.0 Å². The zero-order valence-corrected chi connectivity index (χ0v) is 16.2. The summed E-state index contributed by atoms with van der Waals surface area (Å²) in [5.41, 5.74) is 3.33. The van der Waals surface area contributed by atoms with Gasteiger partial charge in [0, 0.05) is 0 Å². The first kappa shape index (κ1) is 20.1. The van der Waals surface area contributed by atoms with Crippen molar-refractivity contribution in [1.82, 2.24) is 0 Å². The van der Waals surface area contributed by atoms with Gasteiger partial charge in [-0.15, -0.1) is 0 Å². The fourth-order valence-corrected chi connectivity index (χ4v) is 2.85. The van der Waals surface area contributed by atoms with Crippen molar-refractivity contribution < 1.29 is 19.1 Å². The van der Waals surface area contributed by atoms with Crippen LogP contribution in [0.4, 0.5) is 5.69 Å². The van der Waals surface area contributed by atoms with Crippen molar-refractivity contribution in [2.24, 2.45) is 0 Å². The third kappa shape index (κ3) is 5.38. The minimum atomic E-state index is -0.642. The lowest BCUT2D eigenvalue weighted by Crippen LogP contribution is -2.24. The number of nitrogens with one attached hydrogen (secondary N) is 1. The third-order valence-electron chi connectivity index (χ3n) is 3.53. The van der Waals surface area contributed by atoms with E-state index in [1.54, 1.807) is 18.2 Å². The van der Waals surface area contributed by atoms with Crippen molar-refractivity contribution >= 4 is 40.8 Å². The van der Waals surface area contributed by atoms with Crippen LogP contribution in [0, 0.1) is 20.8 Å². The van der Waals surface area contributed by atoms with E-state index in [2.05, 4.69) is 5.32 Å². The summed E-state index contributed by atoms with van der Waals surface area (Å²) in [4.78, 5) is 23.7. The number of rotatable bonds is 6. The summed E-state index contributed by atoms with van der Waals surface area (Å²) in [5, 5.41) is 3.07. The lowest BCUT2D eigenvalue weighted by molar-refractivity contribution is -0.149. The highest BCUT2D eigenvalue weighted by molar-refractivity contribution is 6.44. The molecule has 138 valence electrons. The first-order valence-corrected chi connectivity index (χ1v) is 8.63. The zero-order chi connectivity index (χ0) is 19.3. The molecule has 0 radical (unpaired) electrons. The Balaban J connectivity index is 1.83. The molecule has 0 saturated heterocycles. The van der Waals surface area contributed by atoms with Gasteiger partial charge in [-0.3, -0.25) is 4.79 Å². The Hall–Kier alpha value is -2.24. The van der Waals surface area contributed by atoms with Crippen molar-refractivity contribution in [2.75, 3.05) is 18.5 Å². The van der Waals surface area contributed by atoms with E-state index in [0.717, 1.165) is 16.7 Å². The molecular formula is C19H19Cl2NO4.